The molecular formula is C24H38IN5O3. The monoisotopic (exact) mass is 571 g/mol. The van der Waals surface area contributed by atoms with Crippen LogP contribution in [0.25, 0.3) is 0 Å². The fourth-order valence-corrected chi connectivity index (χ4v) is 3.88. The Labute approximate surface area is 214 Å². The molecule has 1 aromatic heterocycles. The van der Waals surface area contributed by atoms with E-state index >= 15 is 0 Å². The topological polar surface area (TPSA) is 84.2 Å². The van der Waals surface area contributed by atoms with E-state index in [0.717, 1.165) is 85.9 Å². The molecule has 2 aromatic rings. The van der Waals surface area contributed by atoms with Gasteiger partial charge in [0.25, 0.3) is 0 Å². The van der Waals surface area contributed by atoms with Crippen LogP contribution in [-0.2, 0) is 13.1 Å². The molecule has 0 radical (unpaired) electrons. The van der Waals surface area contributed by atoms with Gasteiger partial charge in [0.2, 0.25) is 5.89 Å². The molecule has 1 aromatic carbocycles. The second-order valence-electron chi connectivity index (χ2n) is 8.23. The van der Waals surface area contributed by atoms with E-state index in [-0.39, 0.29) is 24.0 Å². The van der Waals surface area contributed by atoms with Gasteiger partial charge in [-0.25, -0.2) is 9.98 Å². The number of likely N-dealkylation sites (tertiary alicyclic amines) is 1. The van der Waals surface area contributed by atoms with E-state index in [0.29, 0.717) is 12.5 Å². The second-order valence-corrected chi connectivity index (χ2v) is 8.23. The molecule has 1 aliphatic rings. The average molecular weight is 572 g/mol. The number of aromatic nitrogens is 1. The number of rotatable bonds is 9. The van der Waals surface area contributed by atoms with Crippen molar-refractivity contribution >= 4 is 29.9 Å². The summed E-state index contributed by atoms with van der Waals surface area (Å²) < 4.78 is 16.4. The number of guanidine groups is 1. The quantitative estimate of drug-likeness (QED) is 0.269. The van der Waals surface area contributed by atoms with Crippen LogP contribution >= 0.6 is 24.0 Å². The summed E-state index contributed by atoms with van der Waals surface area (Å²) in [4.78, 5) is 11.7. The fraction of sp³-hybridized carbons (Fsp3) is 0.583. The van der Waals surface area contributed by atoms with Crippen LogP contribution in [0.2, 0.25) is 0 Å². The molecular weight excluding hydrogens is 533 g/mol. The van der Waals surface area contributed by atoms with Gasteiger partial charge in [0.15, 0.2) is 17.5 Å². The lowest BCUT2D eigenvalue weighted by Crippen LogP contribution is -2.42. The van der Waals surface area contributed by atoms with Gasteiger partial charge in [0.1, 0.15) is 5.76 Å². The number of ether oxygens (including phenoxy) is 2. The number of nitrogens with zero attached hydrogens (tertiary/aromatic N) is 3. The van der Waals surface area contributed by atoms with Gasteiger partial charge in [-0.3, -0.25) is 4.90 Å². The molecule has 9 heteroatoms. The van der Waals surface area contributed by atoms with E-state index in [1.165, 1.54) is 0 Å². The number of hydrogen-bond donors (Lipinski definition) is 2. The third-order valence-electron chi connectivity index (χ3n) is 5.91. The Hall–Kier alpha value is -2.01. The SMILES string of the molecule is CCNC(=NCc1ccc(OC)c(OC)c1)NCC1CCN(Cc2nc(C)c(C)o2)CC1.I. The predicted octanol–water partition coefficient (Wildman–Crippen LogP) is 3.89. The van der Waals surface area contributed by atoms with Crippen molar-refractivity contribution in [2.24, 2.45) is 10.9 Å². The predicted molar refractivity (Wildman–Crippen MR) is 142 cm³/mol. The van der Waals surface area contributed by atoms with Gasteiger partial charge in [-0.1, -0.05) is 6.07 Å². The minimum atomic E-state index is 0. The van der Waals surface area contributed by atoms with Crippen molar-refractivity contribution in [3.63, 3.8) is 0 Å². The number of nitrogens with one attached hydrogen (secondary N) is 2. The van der Waals surface area contributed by atoms with Gasteiger partial charge in [-0.15, -0.1) is 24.0 Å². The maximum atomic E-state index is 5.74. The molecule has 1 saturated heterocycles. The summed E-state index contributed by atoms with van der Waals surface area (Å²) in [5, 5.41) is 6.87. The molecule has 3 rings (SSSR count). The zero-order valence-corrected chi connectivity index (χ0v) is 22.8. The smallest absolute Gasteiger partial charge is 0.208 e. The zero-order chi connectivity index (χ0) is 22.9. The number of oxazole rings is 1. The third-order valence-corrected chi connectivity index (χ3v) is 5.91. The van der Waals surface area contributed by atoms with E-state index in [2.05, 4.69) is 27.4 Å². The summed E-state index contributed by atoms with van der Waals surface area (Å²) in [6.45, 7) is 11.3. The first kappa shape index (κ1) is 27.2. The zero-order valence-electron chi connectivity index (χ0n) is 20.4. The Morgan fingerprint density at radius 3 is 2.48 bits per heavy atom. The number of halogens is 1. The lowest BCUT2D eigenvalue weighted by molar-refractivity contribution is 0.164. The molecule has 2 N–H and O–H groups in total. The lowest BCUT2D eigenvalue weighted by atomic mass is 9.97. The van der Waals surface area contributed by atoms with Gasteiger partial charge >= 0.3 is 0 Å². The van der Waals surface area contributed by atoms with Crippen LogP contribution in [0.5, 0.6) is 11.5 Å². The van der Waals surface area contributed by atoms with E-state index in [1.807, 2.05) is 32.0 Å². The van der Waals surface area contributed by atoms with Gasteiger partial charge in [-0.2, -0.15) is 0 Å². The maximum Gasteiger partial charge on any atom is 0.208 e. The minimum Gasteiger partial charge on any atom is -0.493 e. The Morgan fingerprint density at radius 1 is 1.15 bits per heavy atom. The second kappa shape index (κ2) is 13.6. The van der Waals surface area contributed by atoms with Gasteiger partial charge < -0.3 is 24.5 Å². The van der Waals surface area contributed by atoms with Crippen molar-refractivity contribution in [3.05, 3.63) is 41.1 Å². The number of hydrogen-bond acceptors (Lipinski definition) is 6. The van der Waals surface area contributed by atoms with Gasteiger partial charge in [0.05, 0.1) is 33.0 Å². The molecule has 2 heterocycles. The Kier molecular flexibility index (Phi) is 11.3. The summed E-state index contributed by atoms with van der Waals surface area (Å²) >= 11 is 0. The highest BCUT2D eigenvalue weighted by Gasteiger charge is 2.21. The molecule has 0 unspecified atom stereocenters. The van der Waals surface area contributed by atoms with Crippen molar-refractivity contribution in [1.82, 2.24) is 20.5 Å². The van der Waals surface area contributed by atoms with Gasteiger partial charge in [-0.05, 0) is 70.3 Å². The van der Waals surface area contributed by atoms with E-state index in [9.17, 15) is 0 Å². The van der Waals surface area contributed by atoms with Crippen LogP contribution in [0, 0.1) is 19.8 Å². The Balaban J connectivity index is 0.00000385. The van der Waals surface area contributed by atoms with Crippen LogP contribution in [0.3, 0.4) is 0 Å². The van der Waals surface area contributed by atoms with Crippen molar-refractivity contribution in [1.29, 1.82) is 0 Å². The highest BCUT2D eigenvalue weighted by Crippen LogP contribution is 2.27. The minimum absolute atomic E-state index is 0. The maximum absolute atomic E-state index is 5.74. The average Bonchev–Trinajstić information content (AvgIpc) is 3.12. The first-order valence-electron chi connectivity index (χ1n) is 11.4. The molecule has 0 amide bonds. The number of aliphatic imine (C=N–C) groups is 1. The lowest BCUT2D eigenvalue weighted by Gasteiger charge is -2.31. The number of benzene rings is 1. The van der Waals surface area contributed by atoms with Crippen molar-refractivity contribution < 1.29 is 13.9 Å². The molecule has 0 saturated carbocycles. The summed E-state index contributed by atoms with van der Waals surface area (Å²) in [5.41, 5.74) is 2.06. The van der Waals surface area contributed by atoms with Crippen LogP contribution in [-0.4, -0.2) is 56.2 Å². The molecule has 1 aliphatic heterocycles. The molecule has 0 atom stereocenters. The summed E-state index contributed by atoms with van der Waals surface area (Å²) in [6, 6.07) is 5.90. The van der Waals surface area contributed by atoms with Crippen LogP contribution in [0.1, 0.15) is 42.7 Å². The number of aryl methyl sites for hydroxylation is 2. The molecule has 33 heavy (non-hydrogen) atoms. The van der Waals surface area contributed by atoms with E-state index in [4.69, 9.17) is 18.9 Å². The van der Waals surface area contributed by atoms with E-state index in [1.54, 1.807) is 14.2 Å². The summed E-state index contributed by atoms with van der Waals surface area (Å²) in [5.74, 6) is 4.67. The number of methoxy groups -OCH3 is 2. The molecule has 8 nitrogen and oxygen atoms in total. The Bertz CT molecular complexity index is 875. The van der Waals surface area contributed by atoms with Crippen molar-refractivity contribution in [3.8, 4) is 11.5 Å². The highest BCUT2D eigenvalue weighted by atomic mass is 127. The largest absolute Gasteiger partial charge is 0.493 e. The Morgan fingerprint density at radius 2 is 1.88 bits per heavy atom. The molecule has 184 valence electrons. The first-order valence-corrected chi connectivity index (χ1v) is 11.4. The van der Waals surface area contributed by atoms with Crippen LogP contribution in [0.15, 0.2) is 27.6 Å². The third kappa shape index (κ3) is 8.06. The van der Waals surface area contributed by atoms with E-state index < -0.39 is 0 Å². The normalized spacial score (nSPS) is 15.1. The van der Waals surface area contributed by atoms with Crippen LogP contribution in [0.4, 0.5) is 0 Å². The summed E-state index contributed by atoms with van der Waals surface area (Å²) in [6.07, 6.45) is 2.31. The van der Waals surface area contributed by atoms with Gasteiger partial charge in [0, 0.05) is 13.1 Å². The summed E-state index contributed by atoms with van der Waals surface area (Å²) in [7, 11) is 3.29. The standard InChI is InChI=1S/C24H37N5O3.HI/c1-6-25-24(27-15-20-7-8-21(30-4)22(13-20)31-5)26-14-19-9-11-29(12-10-19)16-23-28-17(2)18(3)32-23;/h7-8,13,19H,6,9-12,14-16H2,1-5H3,(H2,25,26,27);1H. The highest BCUT2D eigenvalue weighted by molar-refractivity contribution is 14.0. The van der Waals surface area contributed by atoms with Crippen LogP contribution < -0.4 is 20.1 Å². The molecule has 0 aliphatic carbocycles. The first-order chi connectivity index (χ1) is 15.5. The van der Waals surface area contributed by atoms with Crippen molar-refractivity contribution in [2.45, 2.75) is 46.7 Å². The molecule has 0 spiro atoms. The molecule has 0 bridgehead atoms. The fourth-order valence-electron chi connectivity index (χ4n) is 3.88. The number of piperidine rings is 1. The van der Waals surface area contributed by atoms with Crippen molar-refractivity contribution in [2.75, 3.05) is 40.4 Å². The molecule has 1 fully saturated rings.